The third-order valence-corrected chi connectivity index (χ3v) is 5.05. The number of nitrogens with one attached hydrogen (secondary N) is 2. The van der Waals surface area contributed by atoms with Crippen LogP contribution in [0.25, 0.3) is 0 Å². The number of halogens is 1. The summed E-state index contributed by atoms with van der Waals surface area (Å²) in [5, 5.41) is 15.1. The van der Waals surface area contributed by atoms with E-state index in [9.17, 15) is 4.79 Å². The summed E-state index contributed by atoms with van der Waals surface area (Å²) in [6.07, 6.45) is 3.79. The first-order chi connectivity index (χ1) is 12.5. The molecule has 0 spiro atoms. The number of hydrogen-bond acceptors (Lipinski definition) is 5. The smallest absolute Gasteiger partial charge is 0.222 e. The third-order valence-electron chi connectivity index (χ3n) is 5.05. The van der Waals surface area contributed by atoms with Gasteiger partial charge in [-0.2, -0.15) is 0 Å². The number of likely N-dealkylation sites (N-methyl/N-ethyl adjacent to an activating group) is 1. The van der Waals surface area contributed by atoms with E-state index in [4.69, 9.17) is 4.74 Å². The number of rotatable bonds is 5. The van der Waals surface area contributed by atoms with Gasteiger partial charge in [0.2, 0.25) is 5.91 Å². The summed E-state index contributed by atoms with van der Waals surface area (Å²) < 4.78 is 7.62. The summed E-state index contributed by atoms with van der Waals surface area (Å²) in [6, 6.07) is 0.190. The van der Waals surface area contributed by atoms with Crippen molar-refractivity contribution in [2.24, 2.45) is 12.0 Å². The van der Waals surface area contributed by atoms with Crippen LogP contribution in [0.3, 0.4) is 0 Å². The van der Waals surface area contributed by atoms with Gasteiger partial charge in [0.1, 0.15) is 12.4 Å². The predicted octanol–water partition coefficient (Wildman–Crippen LogP) is 0.577. The minimum atomic E-state index is 0. The third kappa shape index (κ3) is 6.03. The predicted molar refractivity (Wildman–Crippen MR) is 113 cm³/mol. The molecule has 152 valence electrons. The standard InChI is InChI=1S/C17H29N7O2.HI/c1-12-21-22-15(24(12)3)10-19-17(18-9-14-5-4-8-26-14)20-13-6-7-16(25)23(2)11-13;/h13-14H,4-11H2,1-3H3,(H2,18,19,20);1H. The normalized spacial score (nSPS) is 23.3. The highest BCUT2D eigenvalue weighted by atomic mass is 127. The van der Waals surface area contributed by atoms with Crippen LogP contribution in [0.1, 0.15) is 37.3 Å². The highest BCUT2D eigenvalue weighted by Gasteiger charge is 2.24. The molecule has 3 rings (SSSR count). The highest BCUT2D eigenvalue weighted by Crippen LogP contribution is 2.12. The molecular weight excluding hydrogens is 461 g/mol. The Kier molecular flexibility index (Phi) is 8.27. The Morgan fingerprint density at radius 2 is 2.15 bits per heavy atom. The molecule has 27 heavy (non-hydrogen) atoms. The number of aliphatic imine (C=N–C) groups is 1. The maximum Gasteiger partial charge on any atom is 0.222 e. The lowest BCUT2D eigenvalue weighted by atomic mass is 10.1. The maximum absolute atomic E-state index is 11.7. The lowest BCUT2D eigenvalue weighted by Crippen LogP contribution is -2.52. The summed E-state index contributed by atoms with van der Waals surface area (Å²) in [6.45, 7) is 4.61. The Hall–Kier alpha value is -1.43. The Morgan fingerprint density at radius 1 is 1.33 bits per heavy atom. The number of aryl methyl sites for hydroxylation is 1. The van der Waals surface area contributed by atoms with Gasteiger partial charge >= 0.3 is 0 Å². The van der Waals surface area contributed by atoms with Crippen LogP contribution >= 0.6 is 24.0 Å². The number of likely N-dealkylation sites (tertiary alicyclic amines) is 1. The van der Waals surface area contributed by atoms with Gasteiger partial charge in [-0.3, -0.25) is 4.79 Å². The zero-order valence-electron chi connectivity index (χ0n) is 16.3. The van der Waals surface area contributed by atoms with E-state index in [1.54, 1.807) is 4.90 Å². The molecule has 1 amide bonds. The van der Waals surface area contributed by atoms with Crippen molar-refractivity contribution in [2.45, 2.75) is 51.3 Å². The minimum absolute atomic E-state index is 0. The second-order valence-corrected chi connectivity index (χ2v) is 7.06. The van der Waals surface area contributed by atoms with E-state index in [1.165, 1.54) is 0 Å². The molecule has 10 heteroatoms. The molecule has 2 N–H and O–H groups in total. The second-order valence-electron chi connectivity index (χ2n) is 7.06. The van der Waals surface area contributed by atoms with Crippen LogP contribution in [0.15, 0.2) is 4.99 Å². The summed E-state index contributed by atoms with van der Waals surface area (Å²) in [4.78, 5) is 18.1. The van der Waals surface area contributed by atoms with E-state index in [1.807, 2.05) is 25.6 Å². The van der Waals surface area contributed by atoms with E-state index in [-0.39, 0.29) is 42.0 Å². The topological polar surface area (TPSA) is 96.7 Å². The molecule has 0 aliphatic carbocycles. The zero-order chi connectivity index (χ0) is 18.5. The Balaban J connectivity index is 0.00000261. The van der Waals surface area contributed by atoms with Gasteiger partial charge in [-0.15, -0.1) is 34.2 Å². The fourth-order valence-corrected chi connectivity index (χ4v) is 3.23. The van der Waals surface area contributed by atoms with Gasteiger partial charge in [-0.05, 0) is 26.2 Å². The van der Waals surface area contributed by atoms with Crippen molar-refractivity contribution >= 4 is 35.8 Å². The monoisotopic (exact) mass is 491 g/mol. The fraction of sp³-hybridized carbons (Fsp3) is 0.765. The van der Waals surface area contributed by atoms with E-state index >= 15 is 0 Å². The Labute approximate surface area is 177 Å². The summed E-state index contributed by atoms with van der Waals surface area (Å²) in [7, 11) is 3.78. The molecule has 1 aromatic heterocycles. The lowest BCUT2D eigenvalue weighted by Gasteiger charge is -2.31. The van der Waals surface area contributed by atoms with Crippen LogP contribution < -0.4 is 10.6 Å². The van der Waals surface area contributed by atoms with Crippen LogP contribution in [-0.4, -0.2) is 70.4 Å². The molecule has 2 saturated heterocycles. The van der Waals surface area contributed by atoms with E-state index in [2.05, 4.69) is 25.8 Å². The number of aromatic nitrogens is 3. The first-order valence-corrected chi connectivity index (χ1v) is 9.28. The van der Waals surface area contributed by atoms with Gasteiger partial charge < -0.3 is 24.8 Å². The summed E-state index contributed by atoms with van der Waals surface area (Å²) >= 11 is 0. The number of guanidine groups is 1. The van der Waals surface area contributed by atoms with Gasteiger partial charge in [0.05, 0.1) is 6.10 Å². The molecule has 3 heterocycles. The van der Waals surface area contributed by atoms with Gasteiger partial charge in [-0.1, -0.05) is 0 Å². The molecule has 2 atom stereocenters. The maximum atomic E-state index is 11.7. The number of amides is 1. The number of nitrogens with zero attached hydrogens (tertiary/aromatic N) is 5. The van der Waals surface area contributed by atoms with Gasteiger partial charge in [-0.25, -0.2) is 4.99 Å². The number of hydrogen-bond donors (Lipinski definition) is 2. The molecule has 2 aliphatic heterocycles. The molecule has 0 radical (unpaired) electrons. The number of carbonyl (C=O) groups excluding carboxylic acids is 1. The van der Waals surface area contributed by atoms with Crippen molar-refractivity contribution < 1.29 is 9.53 Å². The molecule has 2 fully saturated rings. The van der Waals surface area contributed by atoms with Gasteiger partial charge in [0.25, 0.3) is 0 Å². The van der Waals surface area contributed by atoms with Crippen molar-refractivity contribution in [1.82, 2.24) is 30.3 Å². The van der Waals surface area contributed by atoms with Gasteiger partial charge in [0, 0.05) is 46.3 Å². The van der Waals surface area contributed by atoms with Crippen molar-refractivity contribution in [3.05, 3.63) is 11.6 Å². The molecule has 0 aromatic carbocycles. The van der Waals surface area contributed by atoms with Crippen molar-refractivity contribution in [1.29, 1.82) is 0 Å². The van der Waals surface area contributed by atoms with E-state index in [0.29, 0.717) is 19.5 Å². The Morgan fingerprint density at radius 3 is 2.78 bits per heavy atom. The first-order valence-electron chi connectivity index (χ1n) is 9.28. The van der Waals surface area contributed by atoms with E-state index < -0.39 is 0 Å². The molecule has 0 saturated carbocycles. The van der Waals surface area contributed by atoms with E-state index in [0.717, 1.165) is 50.0 Å². The Bertz CT molecular complexity index is 658. The summed E-state index contributed by atoms with van der Waals surface area (Å²) in [5.74, 6) is 2.61. The molecule has 2 aliphatic rings. The largest absolute Gasteiger partial charge is 0.376 e. The average molecular weight is 491 g/mol. The quantitative estimate of drug-likeness (QED) is 0.356. The molecule has 2 unspecified atom stereocenters. The fourth-order valence-electron chi connectivity index (χ4n) is 3.23. The van der Waals surface area contributed by atoms with Crippen molar-refractivity contribution in [2.75, 3.05) is 26.7 Å². The van der Waals surface area contributed by atoms with Crippen molar-refractivity contribution in [3.63, 3.8) is 0 Å². The number of carbonyl (C=O) groups is 1. The van der Waals surface area contributed by atoms with Gasteiger partial charge in [0.15, 0.2) is 11.8 Å². The second kappa shape index (κ2) is 10.2. The highest BCUT2D eigenvalue weighted by molar-refractivity contribution is 14.0. The lowest BCUT2D eigenvalue weighted by molar-refractivity contribution is -0.132. The number of ether oxygens (including phenoxy) is 1. The molecular formula is C17H30IN7O2. The van der Waals surface area contributed by atoms with Crippen molar-refractivity contribution in [3.8, 4) is 0 Å². The van der Waals surface area contributed by atoms with Crippen LogP contribution in [0.5, 0.6) is 0 Å². The summed E-state index contributed by atoms with van der Waals surface area (Å²) in [5.41, 5.74) is 0. The average Bonchev–Trinajstić information content (AvgIpc) is 3.25. The molecule has 9 nitrogen and oxygen atoms in total. The number of piperidine rings is 1. The van der Waals surface area contributed by atoms with Crippen LogP contribution in [0.2, 0.25) is 0 Å². The molecule has 1 aromatic rings. The zero-order valence-corrected chi connectivity index (χ0v) is 18.6. The first kappa shape index (κ1) is 21.9. The van der Waals surface area contributed by atoms with Crippen LogP contribution in [0, 0.1) is 6.92 Å². The van der Waals surface area contributed by atoms with Crippen LogP contribution in [0.4, 0.5) is 0 Å². The van der Waals surface area contributed by atoms with Crippen LogP contribution in [-0.2, 0) is 23.1 Å². The minimum Gasteiger partial charge on any atom is -0.376 e. The molecule has 0 bridgehead atoms. The SMILES string of the molecule is Cc1nnc(CN=C(NCC2CCCO2)NC2CCC(=O)N(C)C2)n1C.I.